The Kier molecular flexibility index (Phi) is 10.4. The van der Waals surface area contributed by atoms with Crippen molar-refractivity contribution >= 4 is 13.3 Å². The standard InChI is InChI=1S/C21H35B/c1-4-7-10-13-18-16-17-21(22)20(15-12-9-6-3)19(18)14-11-8-5-2/h16-17H,4-15H2,1-3H3. The first kappa shape index (κ1) is 19.3. The molecule has 1 rings (SSSR count). The average molecular weight is 298 g/mol. The molecule has 0 bridgehead atoms. The molecule has 0 saturated heterocycles. The fraction of sp³-hybridized carbons (Fsp3) is 0.714. The Morgan fingerprint density at radius 1 is 0.636 bits per heavy atom. The van der Waals surface area contributed by atoms with E-state index in [1.54, 1.807) is 11.1 Å². The van der Waals surface area contributed by atoms with E-state index in [-0.39, 0.29) is 0 Å². The maximum absolute atomic E-state index is 6.33. The summed E-state index contributed by atoms with van der Waals surface area (Å²) in [5.74, 6) is 0. The van der Waals surface area contributed by atoms with Crippen LogP contribution in [0.25, 0.3) is 0 Å². The highest BCUT2D eigenvalue weighted by Gasteiger charge is 2.10. The van der Waals surface area contributed by atoms with Gasteiger partial charge in [0, 0.05) is 0 Å². The van der Waals surface area contributed by atoms with Crippen LogP contribution in [0.15, 0.2) is 12.1 Å². The van der Waals surface area contributed by atoms with Crippen molar-refractivity contribution in [1.82, 2.24) is 0 Å². The third kappa shape index (κ3) is 6.59. The minimum absolute atomic E-state index is 1.03. The topological polar surface area (TPSA) is 0 Å². The van der Waals surface area contributed by atoms with Crippen LogP contribution in [0.3, 0.4) is 0 Å². The molecule has 0 saturated carbocycles. The van der Waals surface area contributed by atoms with E-state index in [0.29, 0.717) is 0 Å². The lowest BCUT2D eigenvalue weighted by atomic mass is 9.81. The Morgan fingerprint density at radius 2 is 1.14 bits per heavy atom. The molecule has 0 aliphatic rings. The first-order valence-corrected chi connectivity index (χ1v) is 9.63. The second-order valence-electron chi connectivity index (χ2n) is 6.64. The van der Waals surface area contributed by atoms with Gasteiger partial charge in [-0.1, -0.05) is 82.5 Å². The van der Waals surface area contributed by atoms with E-state index in [0.717, 1.165) is 5.46 Å². The summed E-state index contributed by atoms with van der Waals surface area (Å²) in [5, 5.41) is 0. The Hall–Kier alpha value is -0.715. The zero-order chi connectivity index (χ0) is 16.2. The number of unbranched alkanes of at least 4 members (excludes halogenated alkanes) is 6. The van der Waals surface area contributed by atoms with E-state index in [2.05, 4.69) is 32.9 Å². The summed E-state index contributed by atoms with van der Waals surface area (Å²) >= 11 is 0. The summed E-state index contributed by atoms with van der Waals surface area (Å²) in [6.07, 6.45) is 15.4. The van der Waals surface area contributed by atoms with Gasteiger partial charge in [0.05, 0.1) is 0 Å². The first-order valence-electron chi connectivity index (χ1n) is 9.63. The normalized spacial score (nSPS) is 11.0. The van der Waals surface area contributed by atoms with Gasteiger partial charge in [0.25, 0.3) is 0 Å². The Bertz CT molecular complexity index is 409. The van der Waals surface area contributed by atoms with Crippen LogP contribution < -0.4 is 5.46 Å². The molecule has 22 heavy (non-hydrogen) atoms. The van der Waals surface area contributed by atoms with Crippen LogP contribution >= 0.6 is 0 Å². The van der Waals surface area contributed by atoms with Crippen LogP contribution in [0.2, 0.25) is 0 Å². The van der Waals surface area contributed by atoms with Crippen molar-refractivity contribution in [2.75, 3.05) is 0 Å². The Labute approximate surface area is 140 Å². The summed E-state index contributed by atoms with van der Waals surface area (Å²) < 4.78 is 0. The van der Waals surface area contributed by atoms with Crippen molar-refractivity contribution in [3.63, 3.8) is 0 Å². The van der Waals surface area contributed by atoms with Crippen molar-refractivity contribution < 1.29 is 0 Å². The zero-order valence-corrected chi connectivity index (χ0v) is 15.2. The minimum Gasteiger partial charge on any atom is -0.0932 e. The fourth-order valence-electron chi connectivity index (χ4n) is 3.27. The average Bonchev–Trinajstić information content (AvgIpc) is 2.52. The molecule has 0 atom stereocenters. The van der Waals surface area contributed by atoms with E-state index in [9.17, 15) is 0 Å². The lowest BCUT2D eigenvalue weighted by Crippen LogP contribution is -2.16. The highest BCUT2D eigenvalue weighted by Crippen LogP contribution is 2.21. The van der Waals surface area contributed by atoms with E-state index in [1.807, 2.05) is 0 Å². The minimum atomic E-state index is 1.03. The molecule has 0 heterocycles. The van der Waals surface area contributed by atoms with Gasteiger partial charge in [-0.05, 0) is 49.7 Å². The smallest absolute Gasteiger partial charge is 0.0932 e. The van der Waals surface area contributed by atoms with Gasteiger partial charge in [-0.2, -0.15) is 0 Å². The molecule has 0 aromatic heterocycles. The van der Waals surface area contributed by atoms with Crippen LogP contribution in [0.5, 0.6) is 0 Å². The Morgan fingerprint density at radius 3 is 1.68 bits per heavy atom. The number of hydrogen-bond acceptors (Lipinski definition) is 0. The van der Waals surface area contributed by atoms with Gasteiger partial charge in [0.2, 0.25) is 0 Å². The van der Waals surface area contributed by atoms with Crippen molar-refractivity contribution in [1.29, 1.82) is 0 Å². The quantitative estimate of drug-likeness (QED) is 0.344. The van der Waals surface area contributed by atoms with Gasteiger partial charge >= 0.3 is 0 Å². The monoisotopic (exact) mass is 298 g/mol. The van der Waals surface area contributed by atoms with Crippen molar-refractivity contribution in [3.05, 3.63) is 28.8 Å². The Balaban J connectivity index is 2.89. The number of benzene rings is 1. The van der Waals surface area contributed by atoms with Crippen LogP contribution in [0, 0.1) is 0 Å². The van der Waals surface area contributed by atoms with Gasteiger partial charge in [0.1, 0.15) is 7.85 Å². The molecule has 0 unspecified atom stereocenters. The molecule has 0 nitrogen and oxygen atoms in total. The zero-order valence-electron chi connectivity index (χ0n) is 15.2. The molecule has 0 amide bonds. The molecule has 1 aromatic carbocycles. The summed E-state index contributed by atoms with van der Waals surface area (Å²) in [6.45, 7) is 6.83. The van der Waals surface area contributed by atoms with Gasteiger partial charge in [0.15, 0.2) is 0 Å². The predicted molar refractivity (Wildman–Crippen MR) is 102 cm³/mol. The first-order chi connectivity index (χ1) is 10.7. The van der Waals surface area contributed by atoms with E-state index < -0.39 is 0 Å². The van der Waals surface area contributed by atoms with E-state index >= 15 is 0 Å². The number of aryl methyl sites for hydroxylation is 1. The maximum atomic E-state index is 6.33. The molecule has 0 spiro atoms. The molecule has 0 fully saturated rings. The molecular weight excluding hydrogens is 263 g/mol. The second kappa shape index (κ2) is 11.8. The summed E-state index contributed by atoms with van der Waals surface area (Å²) in [7, 11) is 6.33. The lowest BCUT2D eigenvalue weighted by Gasteiger charge is -2.18. The van der Waals surface area contributed by atoms with Crippen LogP contribution in [-0.2, 0) is 19.3 Å². The number of rotatable bonds is 12. The molecule has 0 aliphatic carbocycles. The van der Waals surface area contributed by atoms with Gasteiger partial charge in [-0.3, -0.25) is 0 Å². The van der Waals surface area contributed by atoms with Crippen LogP contribution in [-0.4, -0.2) is 7.85 Å². The maximum Gasteiger partial charge on any atom is 0.114 e. The van der Waals surface area contributed by atoms with E-state index in [4.69, 9.17) is 7.85 Å². The summed E-state index contributed by atoms with van der Waals surface area (Å²) in [4.78, 5) is 0. The van der Waals surface area contributed by atoms with Crippen LogP contribution in [0.1, 0.15) is 95.2 Å². The number of hydrogen-bond donors (Lipinski definition) is 0. The SMILES string of the molecule is [B]c1ccc(CCCCC)c(CCCCC)c1CCCCC. The van der Waals surface area contributed by atoms with Crippen molar-refractivity contribution in [2.45, 2.75) is 97.8 Å². The van der Waals surface area contributed by atoms with Gasteiger partial charge in [-0.25, -0.2) is 0 Å². The molecule has 122 valence electrons. The van der Waals surface area contributed by atoms with Gasteiger partial charge in [-0.15, -0.1) is 0 Å². The molecular formula is C21H35B. The highest BCUT2D eigenvalue weighted by atomic mass is 14.1. The van der Waals surface area contributed by atoms with Crippen molar-refractivity contribution in [2.24, 2.45) is 0 Å². The molecule has 0 N–H and O–H groups in total. The third-order valence-corrected chi connectivity index (χ3v) is 4.67. The highest BCUT2D eigenvalue weighted by molar-refractivity contribution is 6.33. The molecule has 0 aliphatic heterocycles. The lowest BCUT2D eigenvalue weighted by molar-refractivity contribution is 0.679. The van der Waals surface area contributed by atoms with Gasteiger partial charge < -0.3 is 0 Å². The summed E-state index contributed by atoms with van der Waals surface area (Å²) in [5.41, 5.74) is 5.67. The van der Waals surface area contributed by atoms with E-state index in [1.165, 1.54) is 82.6 Å². The fourth-order valence-corrected chi connectivity index (χ4v) is 3.27. The molecule has 2 radical (unpaired) electrons. The predicted octanol–water partition coefficient (Wildman–Crippen LogP) is 5.68. The largest absolute Gasteiger partial charge is 0.114 e. The molecule has 1 aromatic rings. The molecule has 1 heteroatoms. The second-order valence-corrected chi connectivity index (χ2v) is 6.64. The third-order valence-electron chi connectivity index (χ3n) is 4.67. The summed E-state index contributed by atoms with van der Waals surface area (Å²) in [6, 6.07) is 4.46. The van der Waals surface area contributed by atoms with Crippen LogP contribution in [0.4, 0.5) is 0 Å². The van der Waals surface area contributed by atoms with Crippen molar-refractivity contribution in [3.8, 4) is 0 Å².